The van der Waals surface area contributed by atoms with E-state index < -0.39 is 0 Å². The predicted molar refractivity (Wildman–Crippen MR) is 182 cm³/mol. The van der Waals surface area contributed by atoms with Crippen LogP contribution < -0.4 is 10.2 Å². The van der Waals surface area contributed by atoms with Gasteiger partial charge in [0, 0.05) is 26.7 Å². The first-order valence-electron chi connectivity index (χ1n) is 14.5. The molecule has 0 aliphatic rings. The van der Waals surface area contributed by atoms with E-state index in [1.165, 1.54) is 6.07 Å². The first kappa shape index (κ1) is 42.5. The van der Waals surface area contributed by atoms with Crippen LogP contribution in [0.2, 0.25) is 0 Å². The van der Waals surface area contributed by atoms with Gasteiger partial charge < -0.3 is 30.6 Å². The number of phenols is 1. The van der Waals surface area contributed by atoms with Crippen LogP contribution in [0.15, 0.2) is 94.2 Å². The predicted octanol–water partition coefficient (Wildman–Crippen LogP) is 8.36. The number of aryl methyl sites for hydroxylation is 1. The molecule has 0 saturated heterocycles. The average molecular weight is 663 g/mol. The number of hydrogen-bond donors (Lipinski definition) is 2. The monoisotopic (exact) mass is 662 g/mol. The van der Waals surface area contributed by atoms with E-state index in [9.17, 15) is 9.90 Å². The van der Waals surface area contributed by atoms with Crippen molar-refractivity contribution in [3.8, 4) is 5.75 Å². The van der Waals surface area contributed by atoms with Gasteiger partial charge in [-0.15, -0.1) is 16.7 Å². The van der Waals surface area contributed by atoms with E-state index in [1.807, 2.05) is 104 Å². The number of aromatic hydroxyl groups is 1. The van der Waals surface area contributed by atoms with Gasteiger partial charge in [0.25, 0.3) is 0 Å². The maximum absolute atomic E-state index is 11.0. The van der Waals surface area contributed by atoms with Gasteiger partial charge in [-0.25, -0.2) is 5.11 Å². The molecule has 4 aromatic rings. The molecular formula is C33H45CuN9O2. The van der Waals surface area contributed by atoms with Crippen LogP contribution in [0.5, 0.6) is 5.75 Å². The van der Waals surface area contributed by atoms with Crippen molar-refractivity contribution in [1.82, 2.24) is 15.0 Å². The molecule has 12 heteroatoms. The molecule has 1 aromatic heterocycles. The third-order valence-corrected chi connectivity index (χ3v) is 4.79. The quantitative estimate of drug-likeness (QED) is 0.0505. The molecule has 4 rings (SSSR count). The molecule has 0 unspecified atom stereocenters. The number of phenolic OH excluding ortho intramolecular Hbond substituents is 1. The molecule has 0 amide bonds. The van der Waals surface area contributed by atoms with Gasteiger partial charge in [-0.2, -0.15) is 21.0 Å². The Kier molecular flexibility index (Phi) is 24.3. The van der Waals surface area contributed by atoms with E-state index in [0.717, 1.165) is 5.82 Å². The van der Waals surface area contributed by atoms with Crippen molar-refractivity contribution in [3.63, 3.8) is 0 Å². The summed E-state index contributed by atoms with van der Waals surface area (Å²) in [5.74, 6) is 2.26. The van der Waals surface area contributed by atoms with Crippen molar-refractivity contribution in [2.75, 3.05) is 31.4 Å². The minimum atomic E-state index is 0. The van der Waals surface area contributed by atoms with Crippen molar-refractivity contribution in [2.45, 2.75) is 48.5 Å². The zero-order chi connectivity index (χ0) is 33.3. The van der Waals surface area contributed by atoms with Crippen molar-refractivity contribution < 1.29 is 27.0 Å². The summed E-state index contributed by atoms with van der Waals surface area (Å²) in [6.45, 7) is 13.8. The molecule has 0 bridgehead atoms. The first-order chi connectivity index (χ1) is 21.4. The van der Waals surface area contributed by atoms with E-state index in [1.54, 1.807) is 49.5 Å². The molecular weight excluding hydrogens is 618 g/mol. The van der Waals surface area contributed by atoms with E-state index in [0.29, 0.717) is 34.4 Å². The zero-order valence-corrected chi connectivity index (χ0v) is 28.7. The summed E-state index contributed by atoms with van der Waals surface area (Å²) in [5, 5.41) is 25.0. The van der Waals surface area contributed by atoms with Gasteiger partial charge >= 0.3 is 17.1 Å². The number of anilines is 2. The van der Waals surface area contributed by atoms with Crippen LogP contribution in [0.1, 0.15) is 58.5 Å². The Morgan fingerprint density at radius 3 is 2.00 bits per heavy atom. The van der Waals surface area contributed by atoms with Gasteiger partial charge in [0.05, 0.1) is 6.29 Å². The second-order valence-electron chi connectivity index (χ2n) is 7.85. The Hall–Kier alpha value is -4.67. The molecule has 245 valence electrons. The average Bonchev–Trinajstić information content (AvgIpc) is 3.08. The van der Waals surface area contributed by atoms with Gasteiger partial charge in [-0.05, 0) is 18.7 Å². The Morgan fingerprint density at radius 2 is 1.42 bits per heavy atom. The smallest absolute Gasteiger partial charge is 0.571 e. The number of nitrogens with zero attached hydrogens (tertiary/aromatic N) is 8. The van der Waals surface area contributed by atoms with Crippen molar-refractivity contribution >= 4 is 35.4 Å². The summed E-state index contributed by atoms with van der Waals surface area (Å²) in [5.41, 5.74) is 5.75. The molecule has 2 N–H and O–H groups in total. The van der Waals surface area contributed by atoms with Gasteiger partial charge in [0.2, 0.25) is 11.9 Å². The van der Waals surface area contributed by atoms with Crippen LogP contribution in [0.4, 0.5) is 23.3 Å². The number of rotatable bonds is 7. The molecule has 0 aliphatic heterocycles. The fraction of sp³-hybridized carbons (Fsp3) is 0.303. The SMILES string of the molecule is CC.CC.CC.CNc1nc(C)nc(N(C)C)n1.O=[C-]c1ccccc1N=NC(=N[N-]c1ccccc1O)c1ccccc1.[Cu+2]. The molecule has 1 radical (unpaired) electrons. The van der Waals surface area contributed by atoms with Gasteiger partial charge in [0.15, 0.2) is 5.84 Å². The van der Waals surface area contributed by atoms with Crippen molar-refractivity contribution in [3.05, 3.63) is 101 Å². The minimum absolute atomic E-state index is 0. The third kappa shape index (κ3) is 15.6. The van der Waals surface area contributed by atoms with Gasteiger partial charge in [-0.3, -0.25) is 0 Å². The van der Waals surface area contributed by atoms with E-state index in [2.05, 4.69) is 41.0 Å². The number of benzene rings is 3. The molecule has 1 heterocycles. The first-order valence-corrected chi connectivity index (χ1v) is 14.5. The fourth-order valence-electron chi connectivity index (χ4n) is 2.90. The van der Waals surface area contributed by atoms with Crippen LogP contribution in [0.25, 0.3) is 5.43 Å². The van der Waals surface area contributed by atoms with Crippen LogP contribution in [-0.2, 0) is 21.9 Å². The van der Waals surface area contributed by atoms with E-state index in [-0.39, 0.29) is 28.7 Å². The summed E-state index contributed by atoms with van der Waals surface area (Å²) < 4.78 is 0. The molecule has 0 saturated carbocycles. The molecule has 11 nitrogen and oxygen atoms in total. The molecule has 0 spiro atoms. The maximum atomic E-state index is 11.0. The topological polar surface area (TPSA) is 142 Å². The molecule has 0 fully saturated rings. The Morgan fingerprint density at radius 1 is 0.844 bits per heavy atom. The largest absolute Gasteiger partial charge is 2.00 e. The number of nitrogens with one attached hydrogen (secondary N) is 1. The molecule has 45 heavy (non-hydrogen) atoms. The number of azo groups is 1. The summed E-state index contributed by atoms with van der Waals surface area (Å²) in [7, 11) is 5.58. The van der Waals surface area contributed by atoms with Gasteiger partial charge in [0.1, 0.15) is 11.6 Å². The second-order valence-corrected chi connectivity index (χ2v) is 7.85. The number of aromatic nitrogens is 3. The van der Waals surface area contributed by atoms with Crippen LogP contribution in [0.3, 0.4) is 0 Å². The Bertz CT molecular complexity index is 1420. The van der Waals surface area contributed by atoms with Crippen LogP contribution in [-0.4, -0.2) is 53.3 Å². The van der Waals surface area contributed by atoms with Crippen LogP contribution in [0, 0.1) is 6.92 Å². The van der Waals surface area contributed by atoms with E-state index in [4.69, 9.17) is 0 Å². The van der Waals surface area contributed by atoms with Gasteiger partial charge in [-0.1, -0.05) is 108 Å². The van der Waals surface area contributed by atoms with Crippen LogP contribution >= 0.6 is 0 Å². The Labute approximate surface area is 278 Å². The number of carbonyl (C=O) groups excluding carboxylic acids is 1. The van der Waals surface area contributed by atoms with Crippen molar-refractivity contribution in [1.29, 1.82) is 0 Å². The maximum Gasteiger partial charge on any atom is 2.00 e. The Balaban J connectivity index is 0. The summed E-state index contributed by atoms with van der Waals surface area (Å²) in [6.07, 6.45) is 1.82. The zero-order valence-electron chi connectivity index (χ0n) is 27.7. The molecule has 3 aromatic carbocycles. The summed E-state index contributed by atoms with van der Waals surface area (Å²) in [6, 6.07) is 22.5. The normalized spacial score (nSPS) is 9.60. The standard InChI is InChI=1S/C20H14N4O2.C7H13N5.3C2H6.Cu/c25-14-16-10-4-5-11-17(16)21-23-20(15-8-2-1-3-9-15)24-22-18-12-6-7-13-19(18)26;1-5-9-6(8-2)11-7(10-5)12(3)4;3*1-2;/h1-13H,(H-,21,22,23,24,25,26);1-4H3,(H,8,9,10,11);3*1-2H3;/q-2;;;;;+2. The summed E-state index contributed by atoms with van der Waals surface area (Å²) in [4.78, 5) is 25.2. The number of hydrogen-bond acceptors (Lipinski definition) is 9. The third-order valence-electron chi connectivity index (χ3n) is 4.79. The van der Waals surface area contributed by atoms with E-state index >= 15 is 0 Å². The molecule has 0 aliphatic carbocycles. The number of para-hydroxylation sites is 1. The fourth-order valence-corrected chi connectivity index (χ4v) is 2.90. The second kappa shape index (κ2) is 25.8. The summed E-state index contributed by atoms with van der Waals surface area (Å²) >= 11 is 0. The minimum Gasteiger partial charge on any atom is -0.571 e. The number of amidine groups is 1. The van der Waals surface area contributed by atoms with Crippen molar-refractivity contribution in [2.24, 2.45) is 15.3 Å². The molecule has 0 atom stereocenters.